The van der Waals surface area contributed by atoms with Crippen LogP contribution in [0.2, 0.25) is 0 Å². The number of para-hydroxylation sites is 1. The van der Waals surface area contributed by atoms with Crippen LogP contribution in [0.15, 0.2) is 54.6 Å². The summed E-state index contributed by atoms with van der Waals surface area (Å²) in [6.45, 7) is 1.84. The van der Waals surface area contributed by atoms with Gasteiger partial charge in [-0.1, -0.05) is 49.4 Å². The SMILES string of the molecule is C[C@@](CO)(CNC(=O)c1ccccc1OCC(N)=O)Cc1ccccc1. The van der Waals surface area contributed by atoms with Gasteiger partial charge in [0.05, 0.1) is 12.2 Å². The number of amides is 2. The summed E-state index contributed by atoms with van der Waals surface area (Å²) in [6, 6.07) is 16.4. The number of aliphatic hydroxyl groups excluding tert-OH is 1. The van der Waals surface area contributed by atoms with Crippen LogP contribution in [0.4, 0.5) is 0 Å². The van der Waals surface area contributed by atoms with E-state index in [-0.39, 0.29) is 24.9 Å². The summed E-state index contributed by atoms with van der Waals surface area (Å²) in [5.41, 5.74) is 5.98. The van der Waals surface area contributed by atoms with Crippen molar-refractivity contribution < 1.29 is 19.4 Å². The first-order chi connectivity index (χ1) is 12.4. The van der Waals surface area contributed by atoms with Gasteiger partial charge in [-0.2, -0.15) is 0 Å². The first-order valence-electron chi connectivity index (χ1n) is 8.37. The van der Waals surface area contributed by atoms with Crippen molar-refractivity contribution in [3.8, 4) is 5.75 Å². The minimum absolute atomic E-state index is 0.0675. The molecular formula is C20H24N2O4. The summed E-state index contributed by atoms with van der Waals surface area (Å²) >= 11 is 0. The molecule has 0 aliphatic heterocycles. The topological polar surface area (TPSA) is 102 Å². The highest BCUT2D eigenvalue weighted by molar-refractivity contribution is 5.97. The first-order valence-corrected chi connectivity index (χ1v) is 8.37. The molecule has 6 heteroatoms. The molecule has 2 aromatic rings. The van der Waals surface area contributed by atoms with E-state index in [1.807, 2.05) is 37.3 Å². The molecule has 0 aromatic heterocycles. The molecule has 26 heavy (non-hydrogen) atoms. The Morgan fingerprint density at radius 3 is 2.42 bits per heavy atom. The highest BCUT2D eigenvalue weighted by atomic mass is 16.5. The molecule has 2 aromatic carbocycles. The predicted molar refractivity (Wildman–Crippen MR) is 98.8 cm³/mol. The van der Waals surface area contributed by atoms with Crippen LogP contribution in [0.5, 0.6) is 5.75 Å². The van der Waals surface area contributed by atoms with Crippen molar-refractivity contribution in [1.29, 1.82) is 0 Å². The fraction of sp³-hybridized carbons (Fsp3) is 0.300. The molecule has 0 saturated heterocycles. The van der Waals surface area contributed by atoms with E-state index in [9.17, 15) is 14.7 Å². The van der Waals surface area contributed by atoms with E-state index in [0.717, 1.165) is 5.56 Å². The maximum atomic E-state index is 12.5. The van der Waals surface area contributed by atoms with Crippen molar-refractivity contribution in [2.75, 3.05) is 19.8 Å². The molecule has 0 heterocycles. The van der Waals surface area contributed by atoms with Gasteiger partial charge in [0, 0.05) is 12.0 Å². The van der Waals surface area contributed by atoms with Crippen LogP contribution in [0.25, 0.3) is 0 Å². The molecule has 0 saturated carbocycles. The Bertz CT molecular complexity index is 748. The van der Waals surface area contributed by atoms with Crippen molar-refractivity contribution in [1.82, 2.24) is 5.32 Å². The molecule has 138 valence electrons. The third-order valence-electron chi connectivity index (χ3n) is 4.03. The average molecular weight is 356 g/mol. The van der Waals surface area contributed by atoms with Crippen molar-refractivity contribution in [2.24, 2.45) is 11.1 Å². The van der Waals surface area contributed by atoms with E-state index >= 15 is 0 Å². The number of ether oxygens (including phenoxy) is 1. The first kappa shape index (κ1) is 19.5. The van der Waals surface area contributed by atoms with Gasteiger partial charge in [0.2, 0.25) is 0 Å². The van der Waals surface area contributed by atoms with Gasteiger partial charge in [0.15, 0.2) is 6.61 Å². The Hall–Kier alpha value is -2.86. The standard InChI is InChI=1S/C20H24N2O4/c1-20(14-23,11-15-7-3-2-4-8-15)13-22-19(25)16-9-5-6-10-17(16)26-12-18(21)24/h2-10,23H,11-14H2,1H3,(H2,21,24)(H,22,25)/t20-/m0/s1. The number of benzene rings is 2. The molecule has 0 fully saturated rings. The van der Waals surface area contributed by atoms with E-state index in [1.165, 1.54) is 0 Å². The quantitative estimate of drug-likeness (QED) is 0.634. The minimum Gasteiger partial charge on any atom is -0.483 e. The van der Waals surface area contributed by atoms with E-state index < -0.39 is 11.3 Å². The van der Waals surface area contributed by atoms with Gasteiger partial charge in [-0.25, -0.2) is 0 Å². The molecule has 0 unspecified atom stereocenters. The second-order valence-electron chi connectivity index (χ2n) is 6.56. The van der Waals surface area contributed by atoms with Crippen LogP contribution in [0.1, 0.15) is 22.8 Å². The van der Waals surface area contributed by atoms with Crippen molar-refractivity contribution in [3.05, 3.63) is 65.7 Å². The Kier molecular flexibility index (Phi) is 6.74. The molecule has 0 radical (unpaired) electrons. The second kappa shape index (κ2) is 9.01. The fourth-order valence-corrected chi connectivity index (χ4v) is 2.58. The zero-order valence-electron chi connectivity index (χ0n) is 14.8. The number of hydrogen-bond donors (Lipinski definition) is 3. The summed E-state index contributed by atoms with van der Waals surface area (Å²) in [7, 11) is 0. The molecule has 1 atom stereocenters. The summed E-state index contributed by atoms with van der Waals surface area (Å²) in [5.74, 6) is -0.661. The number of nitrogens with two attached hydrogens (primary N) is 1. The summed E-state index contributed by atoms with van der Waals surface area (Å²) in [5, 5.41) is 12.6. The van der Waals surface area contributed by atoms with Gasteiger partial charge >= 0.3 is 0 Å². The zero-order valence-corrected chi connectivity index (χ0v) is 14.8. The molecule has 0 bridgehead atoms. The van der Waals surface area contributed by atoms with Gasteiger partial charge in [-0.15, -0.1) is 0 Å². The van der Waals surface area contributed by atoms with E-state index in [2.05, 4.69) is 5.32 Å². The predicted octanol–water partition coefficient (Wildman–Crippen LogP) is 1.52. The highest BCUT2D eigenvalue weighted by Gasteiger charge is 2.25. The van der Waals surface area contributed by atoms with Crippen LogP contribution >= 0.6 is 0 Å². The molecule has 0 aliphatic rings. The van der Waals surface area contributed by atoms with Crippen molar-refractivity contribution in [3.63, 3.8) is 0 Å². The molecule has 0 spiro atoms. The van der Waals surface area contributed by atoms with E-state index in [0.29, 0.717) is 18.5 Å². The lowest BCUT2D eigenvalue weighted by Crippen LogP contribution is -2.39. The molecule has 0 aliphatic carbocycles. The molecule has 6 nitrogen and oxygen atoms in total. The van der Waals surface area contributed by atoms with Gasteiger partial charge in [-0.05, 0) is 24.1 Å². The number of rotatable bonds is 9. The lowest BCUT2D eigenvalue weighted by Gasteiger charge is -2.28. The lowest BCUT2D eigenvalue weighted by atomic mass is 9.84. The van der Waals surface area contributed by atoms with Crippen molar-refractivity contribution in [2.45, 2.75) is 13.3 Å². The number of aliphatic hydroxyl groups is 1. The normalized spacial score (nSPS) is 12.8. The second-order valence-corrected chi connectivity index (χ2v) is 6.56. The number of carbonyl (C=O) groups excluding carboxylic acids is 2. The van der Waals surface area contributed by atoms with Crippen LogP contribution in [-0.4, -0.2) is 36.7 Å². The lowest BCUT2D eigenvalue weighted by molar-refractivity contribution is -0.119. The maximum absolute atomic E-state index is 12.5. The Morgan fingerprint density at radius 2 is 1.77 bits per heavy atom. The molecule has 2 amide bonds. The van der Waals surface area contributed by atoms with Gasteiger partial charge in [0.1, 0.15) is 5.75 Å². The maximum Gasteiger partial charge on any atom is 0.255 e. The number of hydrogen-bond acceptors (Lipinski definition) is 4. The Labute approximate surface area is 153 Å². The fourth-order valence-electron chi connectivity index (χ4n) is 2.58. The molecular weight excluding hydrogens is 332 g/mol. The highest BCUT2D eigenvalue weighted by Crippen LogP contribution is 2.22. The van der Waals surface area contributed by atoms with E-state index in [1.54, 1.807) is 24.3 Å². The monoisotopic (exact) mass is 356 g/mol. The Balaban J connectivity index is 2.03. The molecule has 4 N–H and O–H groups in total. The number of nitrogens with one attached hydrogen (secondary N) is 1. The van der Waals surface area contributed by atoms with Crippen molar-refractivity contribution >= 4 is 11.8 Å². The van der Waals surface area contributed by atoms with Crippen LogP contribution in [0, 0.1) is 5.41 Å². The smallest absolute Gasteiger partial charge is 0.255 e. The minimum atomic E-state index is -0.615. The zero-order chi connectivity index (χ0) is 19.0. The number of carbonyl (C=O) groups is 2. The summed E-state index contributed by atoms with van der Waals surface area (Å²) < 4.78 is 5.29. The van der Waals surface area contributed by atoms with Crippen LogP contribution < -0.4 is 15.8 Å². The van der Waals surface area contributed by atoms with Crippen LogP contribution in [-0.2, 0) is 11.2 Å². The Morgan fingerprint density at radius 1 is 1.12 bits per heavy atom. The molecule has 2 rings (SSSR count). The largest absolute Gasteiger partial charge is 0.483 e. The van der Waals surface area contributed by atoms with Gasteiger partial charge < -0.3 is 20.9 Å². The van der Waals surface area contributed by atoms with Gasteiger partial charge in [0.25, 0.3) is 11.8 Å². The third kappa shape index (κ3) is 5.60. The average Bonchev–Trinajstić information content (AvgIpc) is 2.65. The summed E-state index contributed by atoms with van der Waals surface area (Å²) in [4.78, 5) is 23.4. The summed E-state index contributed by atoms with van der Waals surface area (Å²) in [6.07, 6.45) is 0.629. The third-order valence-corrected chi connectivity index (χ3v) is 4.03. The van der Waals surface area contributed by atoms with E-state index in [4.69, 9.17) is 10.5 Å². The van der Waals surface area contributed by atoms with Crippen LogP contribution in [0.3, 0.4) is 0 Å². The van der Waals surface area contributed by atoms with Gasteiger partial charge in [-0.3, -0.25) is 9.59 Å². The number of primary amides is 1.